The number of benzene rings is 2. The largest absolute Gasteiger partial charge is 0.308 e. The van der Waals surface area contributed by atoms with E-state index in [4.69, 9.17) is 0 Å². The predicted octanol–water partition coefficient (Wildman–Crippen LogP) is 5.18. The second-order valence-corrected chi connectivity index (χ2v) is 7.76. The Morgan fingerprint density at radius 3 is 2.55 bits per heavy atom. The van der Waals surface area contributed by atoms with Crippen LogP contribution in [-0.2, 0) is 18.9 Å². The number of aromatic amines is 1. The van der Waals surface area contributed by atoms with Crippen LogP contribution < -0.4 is 0 Å². The van der Waals surface area contributed by atoms with Crippen molar-refractivity contribution in [3.63, 3.8) is 0 Å². The molecular weight excluding hydrogens is 424 g/mol. The second-order valence-electron chi connectivity index (χ2n) is 7.76. The van der Waals surface area contributed by atoms with Crippen LogP contribution in [0.15, 0.2) is 60.7 Å². The quantitative estimate of drug-likeness (QED) is 0.356. The lowest BCUT2D eigenvalue weighted by molar-refractivity contribution is -0.0232. The van der Waals surface area contributed by atoms with Crippen molar-refractivity contribution >= 4 is 0 Å². The van der Waals surface area contributed by atoms with Crippen molar-refractivity contribution in [3.8, 4) is 22.5 Å². The van der Waals surface area contributed by atoms with Gasteiger partial charge < -0.3 is 0 Å². The molecular formula is C24H25F2N7. The molecule has 0 saturated carbocycles. The maximum atomic E-state index is 14.4. The van der Waals surface area contributed by atoms with Gasteiger partial charge in [0.1, 0.15) is 5.82 Å². The van der Waals surface area contributed by atoms with E-state index in [1.807, 2.05) is 67.6 Å². The fraction of sp³-hybridized carbons (Fsp3) is 0.292. The van der Waals surface area contributed by atoms with Gasteiger partial charge in [-0.05, 0) is 46.5 Å². The van der Waals surface area contributed by atoms with Crippen LogP contribution in [-0.4, -0.2) is 35.4 Å². The average Bonchev–Trinajstić information content (AvgIpc) is 3.49. The average molecular weight is 450 g/mol. The van der Waals surface area contributed by atoms with E-state index in [1.54, 1.807) is 11.6 Å². The Bertz CT molecular complexity index is 1210. The molecule has 0 fully saturated rings. The number of nitrogens with zero attached hydrogens (tertiary/aromatic N) is 6. The summed E-state index contributed by atoms with van der Waals surface area (Å²) in [7, 11) is 0. The van der Waals surface area contributed by atoms with Crippen molar-refractivity contribution in [2.45, 2.75) is 45.6 Å². The third-order valence-corrected chi connectivity index (χ3v) is 5.28. The molecule has 4 aromatic rings. The third kappa shape index (κ3) is 5.19. The van der Waals surface area contributed by atoms with Crippen molar-refractivity contribution in [1.82, 2.24) is 35.4 Å². The van der Waals surface area contributed by atoms with Crippen LogP contribution in [0.4, 0.5) is 8.78 Å². The Morgan fingerprint density at radius 2 is 1.85 bits per heavy atom. The zero-order valence-corrected chi connectivity index (χ0v) is 18.5. The molecule has 0 aliphatic rings. The SMILES string of the molecule is C/C=C/Cc1nc(C(F)(F)CCC)nn1Cc1ccc(-c2cccc(-c3nnn[nH]3)c2)cc1. The van der Waals surface area contributed by atoms with E-state index >= 15 is 0 Å². The zero-order chi connectivity index (χ0) is 23.3. The van der Waals surface area contributed by atoms with E-state index in [1.165, 1.54) is 0 Å². The number of hydrogen-bond donors (Lipinski definition) is 1. The monoisotopic (exact) mass is 449 g/mol. The molecule has 0 amide bonds. The maximum Gasteiger partial charge on any atom is 0.308 e. The van der Waals surface area contributed by atoms with E-state index in [9.17, 15) is 8.78 Å². The molecule has 0 spiro atoms. The lowest BCUT2D eigenvalue weighted by atomic mass is 10.0. The first kappa shape index (κ1) is 22.4. The summed E-state index contributed by atoms with van der Waals surface area (Å²) in [4.78, 5) is 4.16. The van der Waals surface area contributed by atoms with Gasteiger partial charge in [-0.3, -0.25) is 0 Å². The van der Waals surface area contributed by atoms with Gasteiger partial charge in [0, 0.05) is 18.4 Å². The minimum absolute atomic E-state index is 0.266. The van der Waals surface area contributed by atoms with E-state index in [2.05, 4.69) is 30.7 Å². The van der Waals surface area contributed by atoms with Gasteiger partial charge in [0.05, 0.1) is 6.54 Å². The highest BCUT2D eigenvalue weighted by Gasteiger charge is 2.36. The van der Waals surface area contributed by atoms with Crippen LogP contribution in [0.1, 0.15) is 43.9 Å². The van der Waals surface area contributed by atoms with E-state index in [0.717, 1.165) is 22.3 Å². The van der Waals surface area contributed by atoms with Crippen LogP contribution in [0.25, 0.3) is 22.5 Å². The highest BCUT2D eigenvalue weighted by molar-refractivity contribution is 5.70. The van der Waals surface area contributed by atoms with E-state index in [-0.39, 0.29) is 6.42 Å². The van der Waals surface area contributed by atoms with Gasteiger partial charge in [-0.15, -0.1) is 10.2 Å². The summed E-state index contributed by atoms with van der Waals surface area (Å²) in [5.74, 6) is -2.31. The van der Waals surface area contributed by atoms with Gasteiger partial charge in [-0.2, -0.15) is 8.78 Å². The van der Waals surface area contributed by atoms with Crippen LogP contribution >= 0.6 is 0 Å². The fourth-order valence-corrected chi connectivity index (χ4v) is 3.56. The van der Waals surface area contributed by atoms with Crippen molar-refractivity contribution in [3.05, 3.63) is 77.9 Å². The van der Waals surface area contributed by atoms with Crippen molar-refractivity contribution in [2.24, 2.45) is 0 Å². The number of H-pyrrole nitrogens is 1. The lowest BCUT2D eigenvalue weighted by Gasteiger charge is -2.10. The standard InChI is InChI=1S/C24H25F2N7/c1-3-5-9-21-27-23(24(25,26)14-4-2)30-33(21)16-17-10-12-18(13-11-17)19-7-6-8-20(15-19)22-28-31-32-29-22/h3,5-8,10-13,15H,4,9,14,16H2,1-2H3,(H,28,29,31,32)/b5-3+. The molecule has 0 saturated heterocycles. The normalized spacial score (nSPS) is 12.0. The van der Waals surface area contributed by atoms with E-state index < -0.39 is 11.7 Å². The minimum Gasteiger partial charge on any atom is -0.245 e. The Balaban J connectivity index is 1.57. The molecule has 2 aromatic carbocycles. The molecule has 0 bridgehead atoms. The molecule has 33 heavy (non-hydrogen) atoms. The van der Waals surface area contributed by atoms with Gasteiger partial charge in [-0.25, -0.2) is 14.8 Å². The summed E-state index contributed by atoms with van der Waals surface area (Å²) in [6.45, 7) is 3.98. The summed E-state index contributed by atoms with van der Waals surface area (Å²) in [6, 6.07) is 15.9. The number of halogens is 2. The Kier molecular flexibility index (Phi) is 6.67. The Morgan fingerprint density at radius 1 is 1.06 bits per heavy atom. The molecule has 2 heterocycles. The maximum absolute atomic E-state index is 14.4. The minimum atomic E-state index is -3.03. The molecule has 9 heteroatoms. The summed E-state index contributed by atoms with van der Waals surface area (Å²) in [5.41, 5.74) is 3.88. The van der Waals surface area contributed by atoms with Crippen LogP contribution in [0, 0.1) is 0 Å². The van der Waals surface area contributed by atoms with E-state index in [0.29, 0.717) is 31.0 Å². The molecule has 0 aliphatic heterocycles. The summed E-state index contributed by atoms with van der Waals surface area (Å²) in [5, 5.41) is 18.1. The molecule has 4 rings (SSSR count). The Hall–Kier alpha value is -3.75. The highest BCUT2D eigenvalue weighted by atomic mass is 19.3. The van der Waals surface area contributed by atoms with Gasteiger partial charge in [-0.1, -0.05) is 61.5 Å². The molecule has 0 aliphatic carbocycles. The summed E-state index contributed by atoms with van der Waals surface area (Å²) in [6.07, 6.45) is 4.31. The van der Waals surface area contributed by atoms with Gasteiger partial charge in [0.25, 0.3) is 0 Å². The molecule has 0 unspecified atom stereocenters. The number of alkyl halides is 2. The molecule has 7 nitrogen and oxygen atoms in total. The number of rotatable bonds is 9. The zero-order valence-electron chi connectivity index (χ0n) is 18.5. The smallest absolute Gasteiger partial charge is 0.245 e. The number of nitrogens with one attached hydrogen (secondary N) is 1. The number of allylic oxidation sites excluding steroid dienone is 2. The van der Waals surface area contributed by atoms with Gasteiger partial charge in [0.15, 0.2) is 5.82 Å². The van der Waals surface area contributed by atoms with Crippen LogP contribution in [0.5, 0.6) is 0 Å². The van der Waals surface area contributed by atoms with Crippen LogP contribution in [0.3, 0.4) is 0 Å². The van der Waals surface area contributed by atoms with Crippen LogP contribution in [0.2, 0.25) is 0 Å². The highest BCUT2D eigenvalue weighted by Crippen LogP contribution is 2.31. The Labute approximate surface area is 190 Å². The third-order valence-electron chi connectivity index (χ3n) is 5.28. The van der Waals surface area contributed by atoms with Crippen molar-refractivity contribution in [1.29, 1.82) is 0 Å². The fourth-order valence-electron chi connectivity index (χ4n) is 3.56. The molecule has 0 radical (unpaired) electrons. The number of hydrogen-bond acceptors (Lipinski definition) is 5. The number of tetrazole rings is 1. The summed E-state index contributed by atoms with van der Waals surface area (Å²) < 4.78 is 30.4. The molecule has 0 atom stereocenters. The van der Waals surface area contributed by atoms with Crippen molar-refractivity contribution in [2.75, 3.05) is 0 Å². The summed E-state index contributed by atoms with van der Waals surface area (Å²) >= 11 is 0. The molecule has 1 N–H and O–H groups in total. The first-order valence-electron chi connectivity index (χ1n) is 10.9. The number of aromatic nitrogens is 7. The second kappa shape index (κ2) is 9.81. The lowest BCUT2D eigenvalue weighted by Crippen LogP contribution is -2.15. The van der Waals surface area contributed by atoms with Gasteiger partial charge >= 0.3 is 5.92 Å². The molecule has 170 valence electrons. The van der Waals surface area contributed by atoms with Gasteiger partial charge in [0.2, 0.25) is 5.82 Å². The molecule has 2 aromatic heterocycles. The first-order valence-corrected chi connectivity index (χ1v) is 10.9. The topological polar surface area (TPSA) is 85.2 Å². The van der Waals surface area contributed by atoms with Crippen molar-refractivity contribution < 1.29 is 8.78 Å². The predicted molar refractivity (Wildman–Crippen MR) is 121 cm³/mol. The first-order chi connectivity index (χ1) is 16.0.